The Hall–Kier alpha value is -1.73. The summed E-state index contributed by atoms with van der Waals surface area (Å²) in [6, 6.07) is 3.91. The van der Waals surface area contributed by atoms with Crippen LogP contribution in [0, 0.1) is 5.92 Å². The summed E-state index contributed by atoms with van der Waals surface area (Å²) < 4.78 is 5.67. The molecule has 112 valence electrons. The normalized spacial score (nSPS) is 17.1. The molecule has 0 aromatic carbocycles. The standard InChI is InChI=1S/C14H17N3O3S/c18-13(19)8-10-3-5-17(6-4-10)9-12-15-16-14(20-12)11-2-1-7-21-11/h1-2,7,10H,3-6,8-9H2,(H,18,19). The Morgan fingerprint density at radius 1 is 1.43 bits per heavy atom. The molecule has 0 aliphatic carbocycles. The molecule has 0 amide bonds. The molecular formula is C14H17N3O3S. The zero-order valence-electron chi connectivity index (χ0n) is 11.6. The quantitative estimate of drug-likeness (QED) is 0.914. The lowest BCUT2D eigenvalue weighted by Crippen LogP contribution is -2.34. The molecule has 1 N–H and O–H groups in total. The molecule has 1 saturated heterocycles. The van der Waals surface area contributed by atoms with Gasteiger partial charge >= 0.3 is 5.97 Å². The van der Waals surface area contributed by atoms with E-state index in [9.17, 15) is 4.79 Å². The molecule has 6 nitrogen and oxygen atoms in total. The van der Waals surface area contributed by atoms with Crippen LogP contribution in [0.15, 0.2) is 21.9 Å². The minimum Gasteiger partial charge on any atom is -0.481 e. The van der Waals surface area contributed by atoms with Gasteiger partial charge in [0.15, 0.2) is 0 Å². The van der Waals surface area contributed by atoms with Crippen molar-refractivity contribution >= 4 is 17.3 Å². The van der Waals surface area contributed by atoms with E-state index in [4.69, 9.17) is 9.52 Å². The van der Waals surface area contributed by atoms with Gasteiger partial charge in [-0.3, -0.25) is 9.69 Å². The van der Waals surface area contributed by atoms with Crippen LogP contribution in [0.25, 0.3) is 10.8 Å². The lowest BCUT2D eigenvalue weighted by molar-refractivity contribution is -0.138. The van der Waals surface area contributed by atoms with E-state index in [2.05, 4.69) is 15.1 Å². The highest BCUT2D eigenvalue weighted by Gasteiger charge is 2.22. The van der Waals surface area contributed by atoms with Crippen LogP contribution < -0.4 is 0 Å². The molecule has 2 aromatic heterocycles. The van der Waals surface area contributed by atoms with Gasteiger partial charge in [0.2, 0.25) is 5.89 Å². The molecule has 0 saturated carbocycles. The predicted molar refractivity (Wildman–Crippen MR) is 77.9 cm³/mol. The van der Waals surface area contributed by atoms with Crippen LogP contribution in [0.3, 0.4) is 0 Å². The topological polar surface area (TPSA) is 79.5 Å². The van der Waals surface area contributed by atoms with Gasteiger partial charge in [-0.1, -0.05) is 6.07 Å². The first-order chi connectivity index (χ1) is 10.2. The van der Waals surface area contributed by atoms with E-state index in [0.717, 1.165) is 30.8 Å². The van der Waals surface area contributed by atoms with Crippen LogP contribution in [0.1, 0.15) is 25.2 Å². The molecule has 0 atom stereocenters. The number of likely N-dealkylation sites (tertiary alicyclic amines) is 1. The number of piperidine rings is 1. The third kappa shape index (κ3) is 3.68. The fourth-order valence-corrected chi connectivity index (χ4v) is 3.25. The first kappa shape index (κ1) is 14.2. The Kier molecular flexibility index (Phi) is 4.31. The molecule has 2 aromatic rings. The summed E-state index contributed by atoms with van der Waals surface area (Å²) in [7, 11) is 0. The second kappa shape index (κ2) is 6.36. The van der Waals surface area contributed by atoms with E-state index in [-0.39, 0.29) is 6.42 Å². The van der Waals surface area contributed by atoms with Gasteiger partial charge in [0, 0.05) is 6.42 Å². The van der Waals surface area contributed by atoms with Crippen molar-refractivity contribution in [3.05, 3.63) is 23.4 Å². The van der Waals surface area contributed by atoms with E-state index in [1.807, 2.05) is 17.5 Å². The van der Waals surface area contributed by atoms with Gasteiger partial charge in [-0.15, -0.1) is 21.5 Å². The maximum atomic E-state index is 10.7. The highest BCUT2D eigenvalue weighted by molar-refractivity contribution is 7.13. The number of carbonyl (C=O) groups is 1. The summed E-state index contributed by atoms with van der Waals surface area (Å²) in [5.41, 5.74) is 0. The van der Waals surface area contributed by atoms with Gasteiger partial charge in [-0.2, -0.15) is 0 Å². The maximum absolute atomic E-state index is 10.7. The minimum atomic E-state index is -0.703. The van der Waals surface area contributed by atoms with Crippen molar-refractivity contribution in [3.8, 4) is 10.8 Å². The first-order valence-electron chi connectivity index (χ1n) is 7.01. The third-order valence-electron chi connectivity index (χ3n) is 3.73. The number of thiophene rings is 1. The van der Waals surface area contributed by atoms with E-state index in [1.165, 1.54) is 0 Å². The monoisotopic (exact) mass is 307 g/mol. The number of carboxylic acid groups (broad SMARTS) is 1. The Morgan fingerprint density at radius 3 is 2.90 bits per heavy atom. The van der Waals surface area contributed by atoms with Crippen molar-refractivity contribution in [1.29, 1.82) is 0 Å². The van der Waals surface area contributed by atoms with Crippen molar-refractivity contribution in [2.75, 3.05) is 13.1 Å². The molecule has 1 aliphatic heterocycles. The van der Waals surface area contributed by atoms with Crippen molar-refractivity contribution in [3.63, 3.8) is 0 Å². The van der Waals surface area contributed by atoms with Crippen LogP contribution in [0.4, 0.5) is 0 Å². The average molecular weight is 307 g/mol. The van der Waals surface area contributed by atoms with E-state index in [0.29, 0.717) is 24.2 Å². The molecule has 0 unspecified atom stereocenters. The SMILES string of the molecule is O=C(O)CC1CCN(Cc2nnc(-c3cccs3)o2)CC1. The summed E-state index contributed by atoms with van der Waals surface area (Å²) in [6.45, 7) is 2.40. The van der Waals surface area contributed by atoms with Gasteiger partial charge in [-0.25, -0.2) is 0 Å². The molecule has 0 spiro atoms. The Labute approximate surface area is 126 Å². The maximum Gasteiger partial charge on any atom is 0.303 e. The second-order valence-corrected chi connectivity index (χ2v) is 6.24. The van der Waals surface area contributed by atoms with E-state index < -0.39 is 5.97 Å². The molecule has 3 rings (SSSR count). The second-order valence-electron chi connectivity index (χ2n) is 5.30. The van der Waals surface area contributed by atoms with Crippen molar-refractivity contribution < 1.29 is 14.3 Å². The Bertz CT molecular complexity index is 588. The number of carboxylic acids is 1. The fraction of sp³-hybridized carbons (Fsp3) is 0.500. The smallest absolute Gasteiger partial charge is 0.303 e. The molecule has 0 bridgehead atoms. The summed E-state index contributed by atoms with van der Waals surface area (Å²) in [4.78, 5) is 13.9. The van der Waals surface area contributed by atoms with Crippen molar-refractivity contribution in [2.24, 2.45) is 5.92 Å². The first-order valence-corrected chi connectivity index (χ1v) is 7.89. The molecule has 1 fully saturated rings. The molecule has 1 aliphatic rings. The highest BCUT2D eigenvalue weighted by Crippen LogP contribution is 2.25. The zero-order valence-corrected chi connectivity index (χ0v) is 12.4. The molecule has 21 heavy (non-hydrogen) atoms. The van der Waals surface area contributed by atoms with Crippen molar-refractivity contribution in [1.82, 2.24) is 15.1 Å². The van der Waals surface area contributed by atoms with Crippen molar-refractivity contribution in [2.45, 2.75) is 25.8 Å². The van der Waals surface area contributed by atoms with Crippen LogP contribution >= 0.6 is 11.3 Å². The zero-order chi connectivity index (χ0) is 14.7. The average Bonchev–Trinajstić information content (AvgIpc) is 3.11. The lowest BCUT2D eigenvalue weighted by Gasteiger charge is -2.30. The fourth-order valence-electron chi connectivity index (χ4n) is 2.60. The molecule has 3 heterocycles. The van der Waals surface area contributed by atoms with Crippen LogP contribution in [0.5, 0.6) is 0 Å². The van der Waals surface area contributed by atoms with E-state index >= 15 is 0 Å². The number of rotatable bonds is 5. The van der Waals surface area contributed by atoms with Crippen LogP contribution in [-0.2, 0) is 11.3 Å². The molecule has 7 heteroatoms. The number of aromatic nitrogens is 2. The Morgan fingerprint density at radius 2 is 2.24 bits per heavy atom. The van der Waals surface area contributed by atoms with Gasteiger partial charge < -0.3 is 9.52 Å². The minimum absolute atomic E-state index is 0.275. The Balaban J connectivity index is 1.53. The molecule has 0 radical (unpaired) electrons. The molecular weight excluding hydrogens is 290 g/mol. The summed E-state index contributed by atoms with van der Waals surface area (Å²) in [5, 5.41) is 18.9. The van der Waals surface area contributed by atoms with Gasteiger partial charge in [0.05, 0.1) is 11.4 Å². The summed E-state index contributed by atoms with van der Waals surface area (Å²) in [6.07, 6.45) is 2.10. The van der Waals surface area contributed by atoms with Crippen LogP contribution in [0.2, 0.25) is 0 Å². The number of aliphatic carboxylic acids is 1. The van der Waals surface area contributed by atoms with Gasteiger partial charge in [-0.05, 0) is 43.3 Å². The van der Waals surface area contributed by atoms with Crippen LogP contribution in [-0.4, -0.2) is 39.3 Å². The summed E-state index contributed by atoms with van der Waals surface area (Å²) >= 11 is 1.58. The number of hydrogen-bond donors (Lipinski definition) is 1. The lowest BCUT2D eigenvalue weighted by atomic mass is 9.94. The highest BCUT2D eigenvalue weighted by atomic mass is 32.1. The third-order valence-corrected chi connectivity index (χ3v) is 4.59. The summed E-state index contributed by atoms with van der Waals surface area (Å²) in [5.74, 6) is 0.782. The largest absolute Gasteiger partial charge is 0.481 e. The number of hydrogen-bond acceptors (Lipinski definition) is 6. The van der Waals surface area contributed by atoms with E-state index in [1.54, 1.807) is 11.3 Å². The predicted octanol–water partition coefficient (Wildman–Crippen LogP) is 2.48. The van der Waals surface area contributed by atoms with Gasteiger partial charge in [0.25, 0.3) is 5.89 Å². The van der Waals surface area contributed by atoms with Gasteiger partial charge in [0.1, 0.15) is 0 Å². The number of nitrogens with zero attached hydrogens (tertiary/aromatic N) is 3.